The van der Waals surface area contributed by atoms with Gasteiger partial charge in [0, 0.05) is 5.56 Å². The number of amides is 2. The summed E-state index contributed by atoms with van der Waals surface area (Å²) in [6.07, 6.45) is 0. The summed E-state index contributed by atoms with van der Waals surface area (Å²) in [6, 6.07) is 3.85. The van der Waals surface area contributed by atoms with Gasteiger partial charge in [0.25, 0.3) is 0 Å². The average molecular weight is 296 g/mol. The molecule has 2 amide bonds. The fraction of sp³-hybridized carbons (Fsp3) is 0.467. The van der Waals surface area contributed by atoms with Gasteiger partial charge in [-0.25, -0.2) is 14.0 Å². The van der Waals surface area contributed by atoms with Crippen LogP contribution < -0.4 is 10.6 Å². The Labute approximate surface area is 123 Å². The maximum atomic E-state index is 13.6. The highest BCUT2D eigenvalue weighted by molar-refractivity contribution is 5.83. The monoisotopic (exact) mass is 296 g/mol. The minimum Gasteiger partial charge on any atom is -0.480 e. The van der Waals surface area contributed by atoms with Crippen molar-refractivity contribution in [2.45, 2.75) is 39.8 Å². The zero-order valence-electron chi connectivity index (χ0n) is 12.6. The second-order valence-corrected chi connectivity index (χ2v) is 6.00. The van der Waals surface area contributed by atoms with Gasteiger partial charge in [-0.15, -0.1) is 0 Å². The van der Waals surface area contributed by atoms with Crippen molar-refractivity contribution in [3.63, 3.8) is 0 Å². The summed E-state index contributed by atoms with van der Waals surface area (Å²) >= 11 is 0. The van der Waals surface area contributed by atoms with Gasteiger partial charge >= 0.3 is 12.0 Å². The lowest BCUT2D eigenvalue weighted by molar-refractivity contribution is -0.141. The molecule has 0 saturated carbocycles. The third-order valence-corrected chi connectivity index (χ3v) is 3.11. The van der Waals surface area contributed by atoms with Crippen molar-refractivity contribution in [2.24, 2.45) is 5.41 Å². The molecule has 0 saturated heterocycles. The van der Waals surface area contributed by atoms with Gasteiger partial charge in [0.2, 0.25) is 0 Å². The van der Waals surface area contributed by atoms with Crippen LogP contribution in [0.15, 0.2) is 24.3 Å². The highest BCUT2D eigenvalue weighted by Crippen LogP contribution is 2.20. The van der Waals surface area contributed by atoms with Crippen molar-refractivity contribution in [1.29, 1.82) is 0 Å². The number of hydrogen-bond acceptors (Lipinski definition) is 2. The maximum absolute atomic E-state index is 13.6. The summed E-state index contributed by atoms with van der Waals surface area (Å²) in [5, 5.41) is 14.1. The summed E-state index contributed by atoms with van der Waals surface area (Å²) in [4.78, 5) is 23.1. The van der Waals surface area contributed by atoms with Crippen molar-refractivity contribution in [2.75, 3.05) is 0 Å². The molecule has 116 valence electrons. The Balaban J connectivity index is 2.73. The molecule has 1 unspecified atom stereocenters. The van der Waals surface area contributed by atoms with E-state index in [1.54, 1.807) is 45.9 Å². The lowest BCUT2D eigenvalue weighted by atomic mass is 9.87. The molecule has 0 bridgehead atoms. The van der Waals surface area contributed by atoms with Crippen molar-refractivity contribution in [3.05, 3.63) is 35.6 Å². The molecule has 0 aliphatic carbocycles. The summed E-state index contributed by atoms with van der Waals surface area (Å²) in [7, 11) is 0. The molecule has 3 N–H and O–H groups in total. The molecular formula is C15H21FN2O3. The molecule has 5 nitrogen and oxygen atoms in total. The number of nitrogens with one attached hydrogen (secondary N) is 2. The van der Waals surface area contributed by atoms with Crippen LogP contribution in [0.1, 0.15) is 39.3 Å². The minimum atomic E-state index is -1.11. The van der Waals surface area contributed by atoms with Gasteiger partial charge in [0.05, 0.1) is 6.04 Å². The first-order valence-electron chi connectivity index (χ1n) is 6.67. The highest BCUT2D eigenvalue weighted by Gasteiger charge is 2.32. The number of benzene rings is 1. The zero-order chi connectivity index (χ0) is 16.2. The van der Waals surface area contributed by atoms with Crippen LogP contribution in [-0.2, 0) is 4.79 Å². The normalized spacial score (nSPS) is 14.1. The average Bonchev–Trinajstić information content (AvgIpc) is 2.34. The van der Waals surface area contributed by atoms with E-state index in [1.165, 1.54) is 6.07 Å². The molecular weight excluding hydrogens is 275 g/mol. The molecule has 1 rings (SSSR count). The number of carboxylic acid groups (broad SMARTS) is 1. The molecule has 0 aliphatic rings. The molecule has 1 aromatic carbocycles. The Bertz CT molecular complexity index is 526. The topological polar surface area (TPSA) is 78.4 Å². The van der Waals surface area contributed by atoms with Gasteiger partial charge in [-0.05, 0) is 18.4 Å². The van der Waals surface area contributed by atoms with Crippen LogP contribution in [0.4, 0.5) is 9.18 Å². The first-order chi connectivity index (χ1) is 9.62. The van der Waals surface area contributed by atoms with Crippen LogP contribution in [0.2, 0.25) is 0 Å². The van der Waals surface area contributed by atoms with E-state index in [9.17, 15) is 14.0 Å². The summed E-state index contributed by atoms with van der Waals surface area (Å²) in [5.41, 5.74) is -0.292. The Morgan fingerprint density at radius 2 is 1.76 bits per heavy atom. The van der Waals surface area contributed by atoms with Gasteiger partial charge in [-0.1, -0.05) is 39.0 Å². The minimum absolute atomic E-state index is 0.343. The van der Waals surface area contributed by atoms with Crippen LogP contribution in [-0.4, -0.2) is 23.1 Å². The van der Waals surface area contributed by atoms with Gasteiger partial charge < -0.3 is 15.7 Å². The van der Waals surface area contributed by atoms with E-state index in [4.69, 9.17) is 5.11 Å². The number of rotatable bonds is 4. The van der Waals surface area contributed by atoms with Crippen LogP contribution in [0.5, 0.6) is 0 Å². The summed E-state index contributed by atoms with van der Waals surface area (Å²) < 4.78 is 13.6. The van der Waals surface area contributed by atoms with Crippen LogP contribution >= 0.6 is 0 Å². The Kier molecular flexibility index (Phi) is 5.29. The molecule has 0 spiro atoms. The Morgan fingerprint density at radius 3 is 2.24 bits per heavy atom. The summed E-state index contributed by atoms with van der Waals surface area (Å²) in [5.74, 6) is -1.54. The number of halogens is 1. The lowest BCUT2D eigenvalue weighted by Gasteiger charge is -2.28. The van der Waals surface area contributed by atoms with E-state index in [0.717, 1.165) is 0 Å². The standard InChI is InChI=1S/C15H21FN2O3/c1-9(10-7-5-6-8-11(10)16)17-14(21)18-12(13(19)20)15(2,3)4/h5-9,12H,1-4H3,(H,19,20)(H2,17,18,21)/t9?,12-/m0/s1. The molecule has 0 fully saturated rings. The molecule has 0 heterocycles. The molecule has 1 aromatic rings. The quantitative estimate of drug-likeness (QED) is 0.799. The van der Waals surface area contributed by atoms with Crippen molar-refractivity contribution < 1.29 is 19.1 Å². The lowest BCUT2D eigenvalue weighted by Crippen LogP contribution is -2.52. The van der Waals surface area contributed by atoms with E-state index in [-0.39, 0.29) is 0 Å². The molecule has 21 heavy (non-hydrogen) atoms. The highest BCUT2D eigenvalue weighted by atomic mass is 19.1. The van der Waals surface area contributed by atoms with E-state index in [0.29, 0.717) is 5.56 Å². The fourth-order valence-electron chi connectivity index (χ4n) is 1.92. The largest absolute Gasteiger partial charge is 0.480 e. The zero-order valence-corrected chi connectivity index (χ0v) is 12.6. The third kappa shape index (κ3) is 4.73. The van der Waals surface area contributed by atoms with E-state index >= 15 is 0 Å². The second-order valence-electron chi connectivity index (χ2n) is 6.00. The maximum Gasteiger partial charge on any atom is 0.326 e. The Morgan fingerprint density at radius 1 is 1.19 bits per heavy atom. The van der Waals surface area contributed by atoms with Gasteiger partial charge in [0.15, 0.2) is 0 Å². The molecule has 6 heteroatoms. The number of carbonyl (C=O) groups excluding carboxylic acids is 1. The van der Waals surface area contributed by atoms with Crippen molar-refractivity contribution in [1.82, 2.24) is 10.6 Å². The number of hydrogen-bond donors (Lipinski definition) is 3. The van der Waals surface area contributed by atoms with Crippen LogP contribution in [0.25, 0.3) is 0 Å². The van der Waals surface area contributed by atoms with Crippen LogP contribution in [0, 0.1) is 11.2 Å². The number of carboxylic acids is 1. The molecule has 2 atom stereocenters. The van der Waals surface area contributed by atoms with Gasteiger partial charge in [0.1, 0.15) is 11.9 Å². The first kappa shape index (κ1) is 16.9. The number of aliphatic carboxylic acids is 1. The second kappa shape index (κ2) is 6.56. The molecule has 0 aromatic heterocycles. The number of urea groups is 1. The van der Waals surface area contributed by atoms with E-state index < -0.39 is 35.3 Å². The smallest absolute Gasteiger partial charge is 0.326 e. The van der Waals surface area contributed by atoms with Crippen molar-refractivity contribution >= 4 is 12.0 Å². The SMILES string of the molecule is CC(NC(=O)N[C@@H](C(=O)O)C(C)(C)C)c1ccccc1F. The predicted molar refractivity (Wildman–Crippen MR) is 77.4 cm³/mol. The van der Waals surface area contributed by atoms with E-state index in [1.807, 2.05) is 0 Å². The van der Waals surface area contributed by atoms with Crippen molar-refractivity contribution in [3.8, 4) is 0 Å². The predicted octanol–water partition coefficient (Wildman–Crippen LogP) is 2.69. The van der Waals surface area contributed by atoms with Gasteiger partial charge in [-0.2, -0.15) is 0 Å². The van der Waals surface area contributed by atoms with Crippen LogP contribution in [0.3, 0.4) is 0 Å². The van der Waals surface area contributed by atoms with Gasteiger partial charge in [-0.3, -0.25) is 0 Å². The Hall–Kier alpha value is -2.11. The number of carbonyl (C=O) groups is 2. The molecule has 0 radical (unpaired) electrons. The summed E-state index contributed by atoms with van der Waals surface area (Å²) in [6.45, 7) is 6.77. The first-order valence-corrected chi connectivity index (χ1v) is 6.67. The molecule has 0 aliphatic heterocycles. The van der Waals surface area contributed by atoms with E-state index in [2.05, 4.69) is 10.6 Å². The fourth-order valence-corrected chi connectivity index (χ4v) is 1.92. The third-order valence-electron chi connectivity index (χ3n) is 3.11.